The Balaban J connectivity index is 1.94. The molecule has 1 aromatic rings. The van der Waals surface area contributed by atoms with Crippen molar-refractivity contribution in [2.24, 2.45) is 0 Å². The first kappa shape index (κ1) is 14.4. The Morgan fingerprint density at radius 1 is 1.42 bits per heavy atom. The third-order valence-corrected chi connectivity index (χ3v) is 4.40. The smallest absolute Gasteiger partial charge is 0.240 e. The van der Waals surface area contributed by atoms with Crippen LogP contribution in [0, 0.1) is 0 Å². The van der Waals surface area contributed by atoms with Gasteiger partial charge in [0.15, 0.2) is 0 Å². The molecule has 104 valence electrons. The van der Waals surface area contributed by atoms with Gasteiger partial charge in [-0.3, -0.25) is 10.1 Å². The fourth-order valence-corrected chi connectivity index (χ4v) is 3.11. The second kappa shape index (κ2) is 6.44. The zero-order valence-electron chi connectivity index (χ0n) is 11.8. The predicted molar refractivity (Wildman–Crippen MR) is 81.3 cm³/mol. The standard InChI is InChI=1S/C15H22N2OS/c1-11(2)13-6-4-12(5-7-13)8-17(3)15(18)14-9-19-10-16-14/h4-7,11,14,16H,8-10H2,1-3H3. The molecule has 0 aromatic heterocycles. The van der Waals surface area contributed by atoms with Crippen molar-refractivity contribution in [3.05, 3.63) is 35.4 Å². The average Bonchev–Trinajstić information content (AvgIpc) is 2.92. The summed E-state index contributed by atoms with van der Waals surface area (Å²) in [5, 5.41) is 3.22. The lowest BCUT2D eigenvalue weighted by Crippen LogP contribution is -2.42. The van der Waals surface area contributed by atoms with Gasteiger partial charge in [0.25, 0.3) is 0 Å². The van der Waals surface area contributed by atoms with Crippen molar-refractivity contribution < 1.29 is 4.79 Å². The summed E-state index contributed by atoms with van der Waals surface area (Å²) in [6.45, 7) is 5.06. The number of carbonyl (C=O) groups is 1. The minimum Gasteiger partial charge on any atom is -0.340 e. The number of hydrogen-bond donors (Lipinski definition) is 1. The SMILES string of the molecule is CC(C)c1ccc(CN(C)C(=O)C2CSCN2)cc1. The maximum absolute atomic E-state index is 12.2. The number of likely N-dealkylation sites (N-methyl/N-ethyl adjacent to an activating group) is 1. The maximum Gasteiger partial charge on any atom is 0.240 e. The molecule has 1 fully saturated rings. The van der Waals surface area contributed by atoms with Gasteiger partial charge < -0.3 is 4.90 Å². The van der Waals surface area contributed by atoms with Crippen LogP contribution in [0.25, 0.3) is 0 Å². The lowest BCUT2D eigenvalue weighted by molar-refractivity contribution is -0.131. The normalized spacial score (nSPS) is 18.8. The van der Waals surface area contributed by atoms with Gasteiger partial charge in [-0.1, -0.05) is 38.1 Å². The fourth-order valence-electron chi connectivity index (χ4n) is 2.18. The summed E-state index contributed by atoms with van der Waals surface area (Å²) in [5.74, 6) is 2.51. The molecule has 0 spiro atoms. The van der Waals surface area contributed by atoms with Crippen LogP contribution in [0.2, 0.25) is 0 Å². The van der Waals surface area contributed by atoms with E-state index in [-0.39, 0.29) is 11.9 Å². The second-order valence-electron chi connectivity index (χ2n) is 5.36. The van der Waals surface area contributed by atoms with Gasteiger partial charge in [-0.15, -0.1) is 11.8 Å². The summed E-state index contributed by atoms with van der Waals surface area (Å²) in [7, 11) is 1.88. The highest BCUT2D eigenvalue weighted by Gasteiger charge is 2.25. The van der Waals surface area contributed by atoms with Crippen LogP contribution in [-0.4, -0.2) is 35.5 Å². The summed E-state index contributed by atoms with van der Waals surface area (Å²) in [6, 6.07) is 8.54. The lowest BCUT2D eigenvalue weighted by atomic mass is 10.0. The Hall–Kier alpha value is -1.00. The molecular formula is C15H22N2OS. The van der Waals surface area contributed by atoms with Crippen LogP contribution in [0.15, 0.2) is 24.3 Å². The van der Waals surface area contributed by atoms with Gasteiger partial charge in [-0.05, 0) is 17.0 Å². The van der Waals surface area contributed by atoms with E-state index in [1.54, 1.807) is 11.8 Å². The maximum atomic E-state index is 12.2. The number of nitrogens with one attached hydrogen (secondary N) is 1. The molecule has 1 saturated heterocycles. The van der Waals surface area contributed by atoms with Crippen LogP contribution in [0.3, 0.4) is 0 Å². The van der Waals surface area contributed by atoms with Crippen molar-refractivity contribution in [1.29, 1.82) is 0 Å². The molecular weight excluding hydrogens is 256 g/mol. The molecule has 2 rings (SSSR count). The van der Waals surface area contributed by atoms with Crippen molar-refractivity contribution in [2.75, 3.05) is 18.7 Å². The lowest BCUT2D eigenvalue weighted by Gasteiger charge is -2.21. The van der Waals surface area contributed by atoms with Crippen LogP contribution in [0.4, 0.5) is 0 Å². The first-order valence-electron chi connectivity index (χ1n) is 6.73. The van der Waals surface area contributed by atoms with E-state index in [4.69, 9.17) is 0 Å². The van der Waals surface area contributed by atoms with Crippen LogP contribution in [0.5, 0.6) is 0 Å². The van der Waals surface area contributed by atoms with Crippen molar-refractivity contribution in [1.82, 2.24) is 10.2 Å². The molecule has 1 unspecified atom stereocenters. The molecule has 1 heterocycles. The summed E-state index contributed by atoms with van der Waals surface area (Å²) in [5.41, 5.74) is 2.53. The third-order valence-electron chi connectivity index (χ3n) is 3.46. The number of nitrogens with zero attached hydrogens (tertiary/aromatic N) is 1. The first-order chi connectivity index (χ1) is 9.08. The van der Waals surface area contributed by atoms with Gasteiger partial charge in [0.2, 0.25) is 5.91 Å². The predicted octanol–water partition coefficient (Wildman–Crippen LogP) is 2.43. The molecule has 0 radical (unpaired) electrons. The molecule has 4 heteroatoms. The summed E-state index contributed by atoms with van der Waals surface area (Å²) in [6.07, 6.45) is 0. The highest BCUT2D eigenvalue weighted by atomic mass is 32.2. The third kappa shape index (κ3) is 3.74. The van der Waals surface area contributed by atoms with Gasteiger partial charge in [-0.25, -0.2) is 0 Å². The van der Waals surface area contributed by atoms with E-state index in [2.05, 4.69) is 43.4 Å². The largest absolute Gasteiger partial charge is 0.340 e. The Bertz CT molecular complexity index is 424. The molecule has 1 aromatic carbocycles. The fraction of sp³-hybridized carbons (Fsp3) is 0.533. The quantitative estimate of drug-likeness (QED) is 0.918. The highest BCUT2D eigenvalue weighted by Crippen LogP contribution is 2.16. The van der Waals surface area contributed by atoms with Crippen molar-refractivity contribution in [3.8, 4) is 0 Å². The minimum atomic E-state index is -0.00932. The van der Waals surface area contributed by atoms with Crippen LogP contribution >= 0.6 is 11.8 Å². The van der Waals surface area contributed by atoms with E-state index in [0.717, 1.165) is 11.6 Å². The van der Waals surface area contributed by atoms with Crippen molar-refractivity contribution in [2.45, 2.75) is 32.4 Å². The monoisotopic (exact) mass is 278 g/mol. The molecule has 1 atom stereocenters. The number of benzene rings is 1. The van der Waals surface area contributed by atoms with Crippen LogP contribution < -0.4 is 5.32 Å². The highest BCUT2D eigenvalue weighted by molar-refractivity contribution is 7.99. The summed E-state index contributed by atoms with van der Waals surface area (Å²) < 4.78 is 0. The molecule has 0 saturated carbocycles. The topological polar surface area (TPSA) is 32.3 Å². The van der Waals surface area contributed by atoms with Crippen LogP contribution in [0.1, 0.15) is 30.9 Å². The van der Waals surface area contributed by atoms with Crippen molar-refractivity contribution in [3.63, 3.8) is 0 Å². The van der Waals surface area contributed by atoms with Gasteiger partial charge in [0.1, 0.15) is 0 Å². The van der Waals surface area contributed by atoms with Gasteiger partial charge in [0.05, 0.1) is 6.04 Å². The summed E-state index contributed by atoms with van der Waals surface area (Å²) >= 11 is 1.78. The van der Waals surface area contributed by atoms with E-state index < -0.39 is 0 Å². The van der Waals surface area contributed by atoms with E-state index in [1.165, 1.54) is 11.1 Å². The summed E-state index contributed by atoms with van der Waals surface area (Å²) in [4.78, 5) is 14.0. The van der Waals surface area contributed by atoms with E-state index in [9.17, 15) is 4.79 Å². The number of amides is 1. The van der Waals surface area contributed by atoms with Gasteiger partial charge in [-0.2, -0.15) is 0 Å². The molecule has 3 nitrogen and oxygen atoms in total. The number of hydrogen-bond acceptors (Lipinski definition) is 3. The number of thioether (sulfide) groups is 1. The Morgan fingerprint density at radius 2 is 2.11 bits per heavy atom. The molecule has 1 aliphatic heterocycles. The van der Waals surface area contributed by atoms with E-state index in [0.29, 0.717) is 12.5 Å². The second-order valence-corrected chi connectivity index (χ2v) is 6.39. The molecule has 19 heavy (non-hydrogen) atoms. The van der Waals surface area contributed by atoms with E-state index in [1.807, 2.05) is 11.9 Å². The van der Waals surface area contributed by atoms with Crippen molar-refractivity contribution >= 4 is 17.7 Å². The zero-order valence-corrected chi connectivity index (χ0v) is 12.7. The molecule has 1 amide bonds. The van der Waals surface area contributed by atoms with Gasteiger partial charge in [0, 0.05) is 25.2 Å². The molecule has 1 N–H and O–H groups in total. The molecule has 0 aliphatic carbocycles. The van der Waals surface area contributed by atoms with Gasteiger partial charge >= 0.3 is 0 Å². The Kier molecular flexibility index (Phi) is 4.88. The molecule has 0 bridgehead atoms. The number of rotatable bonds is 4. The number of carbonyl (C=O) groups excluding carboxylic acids is 1. The Morgan fingerprint density at radius 3 is 2.63 bits per heavy atom. The minimum absolute atomic E-state index is 0.00932. The van der Waals surface area contributed by atoms with E-state index >= 15 is 0 Å². The Labute approximate surface area is 119 Å². The first-order valence-corrected chi connectivity index (χ1v) is 7.88. The molecule has 1 aliphatic rings. The average molecular weight is 278 g/mol. The zero-order chi connectivity index (χ0) is 13.8. The van der Waals surface area contributed by atoms with Crippen LogP contribution in [-0.2, 0) is 11.3 Å².